The minimum atomic E-state index is -0.443. The van der Waals surface area contributed by atoms with Crippen molar-refractivity contribution in [3.63, 3.8) is 0 Å². The number of rotatable bonds is 12. The highest BCUT2D eigenvalue weighted by atomic mass is 16.5. The molecule has 0 bridgehead atoms. The molecule has 1 unspecified atom stereocenters. The third-order valence-corrected chi connectivity index (χ3v) is 5.54. The zero-order chi connectivity index (χ0) is 23.4. The van der Waals surface area contributed by atoms with Crippen LogP contribution in [0.15, 0.2) is 6.20 Å². The van der Waals surface area contributed by atoms with Gasteiger partial charge in [0.25, 0.3) is 0 Å². The average molecular weight is 437 g/mol. The second kappa shape index (κ2) is 10.2. The van der Waals surface area contributed by atoms with E-state index in [9.17, 15) is 9.59 Å². The van der Waals surface area contributed by atoms with Crippen LogP contribution in [0.25, 0.3) is 0 Å². The van der Waals surface area contributed by atoms with Gasteiger partial charge in [0, 0.05) is 18.9 Å². The summed E-state index contributed by atoms with van der Waals surface area (Å²) in [4.78, 5) is 26.0. The summed E-state index contributed by atoms with van der Waals surface area (Å²) in [5.74, 6) is 0.171. The number of ether oxygens (including phenoxy) is 2. The summed E-state index contributed by atoms with van der Waals surface area (Å²) < 4.78 is 13.8. The molecule has 1 aliphatic heterocycles. The van der Waals surface area contributed by atoms with Crippen LogP contribution in [0.5, 0.6) is 0 Å². The highest BCUT2D eigenvalue weighted by molar-refractivity contribution is 6.03. The van der Waals surface area contributed by atoms with E-state index in [1.165, 1.54) is 4.90 Å². The van der Waals surface area contributed by atoms with E-state index in [1.807, 2.05) is 27.7 Å². The lowest BCUT2D eigenvalue weighted by Gasteiger charge is -2.30. The summed E-state index contributed by atoms with van der Waals surface area (Å²) in [6, 6.07) is 0. The van der Waals surface area contributed by atoms with Crippen LogP contribution in [0.1, 0.15) is 73.9 Å². The third-order valence-electron chi connectivity index (χ3n) is 5.54. The van der Waals surface area contributed by atoms with Gasteiger partial charge in [0.1, 0.15) is 5.69 Å². The number of likely N-dealkylation sites (tertiary alicyclic amines) is 1. The summed E-state index contributed by atoms with van der Waals surface area (Å²) in [7, 11) is 0. The Bertz CT molecular complexity index is 755. The second-order valence-electron chi connectivity index (χ2n) is 10.6. The SMILES string of the molecule is CC(C)COC(C)(C)CCOC(C)(C)Cn1cc(CN2C(=O)CC(C(C)C)C2=O)nn1. The zero-order valence-electron chi connectivity index (χ0n) is 20.5. The molecule has 2 amide bonds. The van der Waals surface area contributed by atoms with Crippen LogP contribution in [-0.2, 0) is 32.2 Å². The maximum absolute atomic E-state index is 12.5. The standard InChI is InChI=1S/C23H40N4O4/c1-16(2)14-31-22(5,6)9-10-30-23(7,8)15-26-12-18(24-25-26)13-27-20(28)11-19(17(3)4)21(27)29/h12,16-17,19H,9-11,13-15H2,1-8H3. The van der Waals surface area contributed by atoms with Crippen molar-refractivity contribution in [3.8, 4) is 0 Å². The van der Waals surface area contributed by atoms with Gasteiger partial charge >= 0.3 is 0 Å². The fourth-order valence-electron chi connectivity index (χ4n) is 3.52. The van der Waals surface area contributed by atoms with Gasteiger partial charge < -0.3 is 9.47 Å². The van der Waals surface area contributed by atoms with E-state index in [1.54, 1.807) is 10.9 Å². The summed E-state index contributed by atoms with van der Waals surface area (Å²) in [6.45, 7) is 18.4. The van der Waals surface area contributed by atoms with E-state index in [4.69, 9.17) is 9.47 Å². The second-order valence-corrected chi connectivity index (χ2v) is 10.6. The molecule has 1 aromatic rings. The zero-order valence-corrected chi connectivity index (χ0v) is 20.5. The first-order valence-corrected chi connectivity index (χ1v) is 11.3. The van der Waals surface area contributed by atoms with Crippen molar-refractivity contribution in [1.82, 2.24) is 19.9 Å². The number of hydrogen-bond acceptors (Lipinski definition) is 6. The van der Waals surface area contributed by atoms with Crippen molar-refractivity contribution in [2.75, 3.05) is 13.2 Å². The largest absolute Gasteiger partial charge is 0.375 e. The first-order valence-electron chi connectivity index (χ1n) is 11.3. The molecule has 8 heteroatoms. The number of carbonyl (C=O) groups excluding carboxylic acids is 2. The lowest BCUT2D eigenvalue weighted by Crippen LogP contribution is -2.34. The maximum atomic E-state index is 12.5. The van der Waals surface area contributed by atoms with Crippen LogP contribution >= 0.6 is 0 Å². The van der Waals surface area contributed by atoms with Crippen LogP contribution < -0.4 is 0 Å². The van der Waals surface area contributed by atoms with E-state index >= 15 is 0 Å². The Labute approximate surface area is 186 Å². The summed E-state index contributed by atoms with van der Waals surface area (Å²) in [6.07, 6.45) is 2.86. The van der Waals surface area contributed by atoms with Gasteiger partial charge in [-0.05, 0) is 46.0 Å². The minimum absolute atomic E-state index is 0.111. The summed E-state index contributed by atoms with van der Waals surface area (Å²) >= 11 is 0. The summed E-state index contributed by atoms with van der Waals surface area (Å²) in [5, 5.41) is 8.32. The Morgan fingerprint density at radius 2 is 1.77 bits per heavy atom. The van der Waals surface area contributed by atoms with Crippen LogP contribution in [0.4, 0.5) is 0 Å². The molecule has 0 N–H and O–H groups in total. The molecule has 0 spiro atoms. The molecule has 0 aliphatic carbocycles. The Hall–Kier alpha value is -1.80. The molecule has 2 heterocycles. The monoisotopic (exact) mass is 436 g/mol. The quantitative estimate of drug-likeness (QED) is 0.467. The van der Waals surface area contributed by atoms with Crippen LogP contribution in [0.3, 0.4) is 0 Å². The molecule has 1 aliphatic rings. The number of aromatic nitrogens is 3. The predicted octanol–water partition coefficient (Wildman–Crippen LogP) is 3.45. The Balaban J connectivity index is 1.86. The lowest BCUT2D eigenvalue weighted by atomic mass is 9.94. The normalized spacial score (nSPS) is 18.1. The number of amides is 2. The molecule has 176 valence electrons. The molecule has 8 nitrogen and oxygen atoms in total. The van der Waals surface area contributed by atoms with Gasteiger partial charge in [-0.25, -0.2) is 4.68 Å². The van der Waals surface area contributed by atoms with Gasteiger partial charge in [0.15, 0.2) is 0 Å². The average Bonchev–Trinajstić information content (AvgIpc) is 3.18. The van der Waals surface area contributed by atoms with Crippen molar-refractivity contribution in [2.24, 2.45) is 17.8 Å². The van der Waals surface area contributed by atoms with Crippen molar-refractivity contribution >= 4 is 11.8 Å². The molecule has 31 heavy (non-hydrogen) atoms. The summed E-state index contributed by atoms with van der Waals surface area (Å²) in [5.41, 5.74) is -0.0741. The van der Waals surface area contributed by atoms with Crippen LogP contribution in [0, 0.1) is 17.8 Å². The van der Waals surface area contributed by atoms with E-state index in [2.05, 4.69) is 38.0 Å². The Kier molecular flexibility index (Phi) is 8.39. The molecule has 1 saturated heterocycles. The lowest BCUT2D eigenvalue weighted by molar-refractivity contribution is -0.140. The van der Waals surface area contributed by atoms with Gasteiger partial charge in [0.2, 0.25) is 11.8 Å². The van der Waals surface area contributed by atoms with E-state index in [0.29, 0.717) is 24.8 Å². The van der Waals surface area contributed by atoms with Crippen molar-refractivity contribution in [1.29, 1.82) is 0 Å². The van der Waals surface area contributed by atoms with Crippen LogP contribution in [0.2, 0.25) is 0 Å². The Morgan fingerprint density at radius 3 is 2.35 bits per heavy atom. The highest BCUT2D eigenvalue weighted by Gasteiger charge is 2.40. The fourth-order valence-corrected chi connectivity index (χ4v) is 3.52. The molecule has 0 aromatic carbocycles. The van der Waals surface area contributed by atoms with Gasteiger partial charge in [0.05, 0.1) is 37.1 Å². The topological polar surface area (TPSA) is 86.5 Å². The fraction of sp³-hybridized carbons (Fsp3) is 0.826. The van der Waals surface area contributed by atoms with E-state index in [-0.39, 0.29) is 42.2 Å². The molecule has 1 atom stereocenters. The first kappa shape index (κ1) is 25.5. The number of imide groups is 1. The highest BCUT2D eigenvalue weighted by Crippen LogP contribution is 2.27. The predicted molar refractivity (Wildman–Crippen MR) is 118 cm³/mol. The maximum Gasteiger partial charge on any atom is 0.233 e. The minimum Gasteiger partial charge on any atom is -0.375 e. The van der Waals surface area contributed by atoms with Gasteiger partial charge in [-0.3, -0.25) is 14.5 Å². The van der Waals surface area contributed by atoms with Crippen molar-refractivity contribution in [3.05, 3.63) is 11.9 Å². The molecule has 1 aromatic heterocycles. The van der Waals surface area contributed by atoms with E-state index in [0.717, 1.165) is 13.0 Å². The van der Waals surface area contributed by atoms with Crippen molar-refractivity contribution < 1.29 is 19.1 Å². The molecule has 0 radical (unpaired) electrons. The molecule has 2 rings (SSSR count). The number of carbonyl (C=O) groups is 2. The Morgan fingerprint density at radius 1 is 1.10 bits per heavy atom. The van der Waals surface area contributed by atoms with Gasteiger partial charge in [-0.15, -0.1) is 5.10 Å². The number of nitrogens with zero attached hydrogens (tertiary/aromatic N) is 4. The molecule has 1 fully saturated rings. The third kappa shape index (κ3) is 7.68. The van der Waals surface area contributed by atoms with Crippen molar-refractivity contribution in [2.45, 2.75) is 92.5 Å². The first-order chi connectivity index (χ1) is 14.3. The smallest absolute Gasteiger partial charge is 0.233 e. The van der Waals surface area contributed by atoms with Gasteiger partial charge in [-0.1, -0.05) is 32.9 Å². The molecule has 0 saturated carbocycles. The van der Waals surface area contributed by atoms with E-state index < -0.39 is 5.60 Å². The molecular weight excluding hydrogens is 396 g/mol. The van der Waals surface area contributed by atoms with Gasteiger partial charge in [-0.2, -0.15) is 0 Å². The molecular formula is C23H40N4O4. The van der Waals surface area contributed by atoms with Crippen LogP contribution in [-0.4, -0.2) is 56.1 Å². The number of hydrogen-bond donors (Lipinski definition) is 0.